The predicted molar refractivity (Wildman–Crippen MR) is 40.8 cm³/mol. The third kappa shape index (κ3) is 1.56. The van der Waals surface area contributed by atoms with E-state index in [1.807, 2.05) is 0 Å². The number of hydrogen-bond acceptors (Lipinski definition) is 6. The number of methoxy groups -OCH3 is 1. The van der Waals surface area contributed by atoms with E-state index in [9.17, 15) is 10.2 Å². The highest BCUT2D eigenvalue weighted by atomic mass is 16.7. The van der Waals surface area contributed by atoms with Gasteiger partial charge in [0.2, 0.25) is 5.79 Å². The third-order valence-corrected chi connectivity index (χ3v) is 2.25. The summed E-state index contributed by atoms with van der Waals surface area (Å²) in [5.74, 6) is -1.62. The van der Waals surface area contributed by atoms with Crippen LogP contribution in [0.5, 0.6) is 0 Å². The van der Waals surface area contributed by atoms with Gasteiger partial charge in [-0.25, -0.2) is 0 Å². The van der Waals surface area contributed by atoms with Crippen LogP contribution in [-0.4, -0.2) is 64.8 Å². The van der Waals surface area contributed by atoms with Crippen molar-refractivity contribution in [1.82, 2.24) is 0 Å². The summed E-state index contributed by atoms with van der Waals surface area (Å²) in [4.78, 5) is 0. The molecule has 0 unspecified atom stereocenters. The Kier molecular flexibility index (Phi) is 3.23. The van der Waals surface area contributed by atoms with Crippen molar-refractivity contribution in [2.24, 2.45) is 0 Å². The lowest BCUT2D eigenvalue weighted by Crippen LogP contribution is -2.47. The second kappa shape index (κ2) is 3.87. The van der Waals surface area contributed by atoms with Crippen molar-refractivity contribution in [3.63, 3.8) is 0 Å². The topological polar surface area (TPSA) is 99.4 Å². The van der Waals surface area contributed by atoms with E-state index >= 15 is 0 Å². The molecule has 1 saturated heterocycles. The zero-order valence-corrected chi connectivity index (χ0v) is 7.25. The standard InChI is InChI=1S/C7H14O6/c1-12-7(3-9)6(11)5(10)4(2-8)13-7/h4-6,8-11H,2-3H2,1H3/t4-,5-,6+,7+/m1/s1. The second-order valence-corrected chi connectivity index (χ2v) is 2.95. The Hall–Kier alpha value is -0.240. The molecule has 6 heteroatoms. The minimum atomic E-state index is -1.62. The van der Waals surface area contributed by atoms with E-state index in [4.69, 9.17) is 19.7 Å². The molecule has 4 N–H and O–H groups in total. The molecule has 0 aromatic heterocycles. The maximum absolute atomic E-state index is 9.44. The van der Waals surface area contributed by atoms with Crippen LogP contribution in [0.4, 0.5) is 0 Å². The molecular formula is C7H14O6. The van der Waals surface area contributed by atoms with E-state index in [0.29, 0.717) is 0 Å². The lowest BCUT2D eigenvalue weighted by Gasteiger charge is -2.27. The molecule has 13 heavy (non-hydrogen) atoms. The van der Waals surface area contributed by atoms with Crippen molar-refractivity contribution >= 4 is 0 Å². The Morgan fingerprint density at radius 2 is 2.00 bits per heavy atom. The molecule has 1 aliphatic rings. The van der Waals surface area contributed by atoms with Gasteiger partial charge in [-0.15, -0.1) is 0 Å². The Morgan fingerprint density at radius 3 is 2.23 bits per heavy atom. The fourth-order valence-electron chi connectivity index (χ4n) is 1.37. The van der Waals surface area contributed by atoms with Gasteiger partial charge in [0.1, 0.15) is 24.9 Å². The molecule has 0 aromatic carbocycles. The molecule has 0 radical (unpaired) electrons. The average Bonchev–Trinajstić information content (AvgIpc) is 2.42. The molecule has 0 aromatic rings. The summed E-state index contributed by atoms with van der Waals surface area (Å²) >= 11 is 0. The van der Waals surface area contributed by atoms with Crippen LogP contribution in [0.25, 0.3) is 0 Å². The number of aliphatic hydroxyl groups excluding tert-OH is 4. The summed E-state index contributed by atoms with van der Waals surface area (Å²) in [6, 6.07) is 0. The van der Waals surface area contributed by atoms with Gasteiger partial charge < -0.3 is 29.9 Å². The van der Waals surface area contributed by atoms with Gasteiger partial charge in [0, 0.05) is 7.11 Å². The first-order valence-corrected chi connectivity index (χ1v) is 3.92. The molecule has 0 spiro atoms. The summed E-state index contributed by atoms with van der Waals surface area (Å²) in [5, 5.41) is 36.4. The highest BCUT2D eigenvalue weighted by molar-refractivity contribution is 4.95. The number of aliphatic hydroxyl groups is 4. The van der Waals surface area contributed by atoms with Crippen LogP contribution in [0.2, 0.25) is 0 Å². The zero-order chi connectivity index (χ0) is 10.1. The summed E-state index contributed by atoms with van der Waals surface area (Å²) in [5.41, 5.74) is 0. The highest BCUT2D eigenvalue weighted by Crippen LogP contribution is 2.31. The van der Waals surface area contributed by atoms with Crippen molar-refractivity contribution in [2.45, 2.75) is 24.1 Å². The quantitative estimate of drug-likeness (QED) is 0.394. The van der Waals surface area contributed by atoms with Crippen molar-refractivity contribution in [3.05, 3.63) is 0 Å². The maximum atomic E-state index is 9.44. The van der Waals surface area contributed by atoms with Crippen LogP contribution in [0, 0.1) is 0 Å². The van der Waals surface area contributed by atoms with Crippen LogP contribution >= 0.6 is 0 Å². The molecule has 0 bridgehead atoms. The van der Waals surface area contributed by atoms with Crippen LogP contribution in [0.15, 0.2) is 0 Å². The average molecular weight is 194 g/mol. The number of rotatable bonds is 3. The van der Waals surface area contributed by atoms with E-state index in [2.05, 4.69) is 0 Å². The first-order chi connectivity index (χ1) is 6.11. The van der Waals surface area contributed by atoms with Gasteiger partial charge in [0.05, 0.1) is 6.61 Å². The molecule has 1 fully saturated rings. The van der Waals surface area contributed by atoms with Gasteiger partial charge in [0.15, 0.2) is 0 Å². The summed E-state index contributed by atoms with van der Waals surface area (Å²) in [6.07, 6.45) is -3.54. The minimum Gasteiger partial charge on any atom is -0.394 e. The molecule has 0 amide bonds. The Morgan fingerprint density at radius 1 is 1.38 bits per heavy atom. The lowest BCUT2D eigenvalue weighted by molar-refractivity contribution is -0.263. The molecule has 78 valence electrons. The van der Waals surface area contributed by atoms with Crippen molar-refractivity contribution in [3.8, 4) is 0 Å². The largest absolute Gasteiger partial charge is 0.394 e. The van der Waals surface area contributed by atoms with E-state index in [1.54, 1.807) is 0 Å². The molecule has 0 saturated carbocycles. The molecule has 1 heterocycles. The van der Waals surface area contributed by atoms with Crippen molar-refractivity contribution in [1.29, 1.82) is 0 Å². The van der Waals surface area contributed by atoms with Gasteiger partial charge in [-0.3, -0.25) is 0 Å². The minimum absolute atomic E-state index is 0.441. The summed E-state index contributed by atoms with van der Waals surface area (Å²) in [7, 11) is 1.24. The van der Waals surface area contributed by atoms with E-state index in [-0.39, 0.29) is 0 Å². The fourth-order valence-corrected chi connectivity index (χ4v) is 1.37. The van der Waals surface area contributed by atoms with Crippen LogP contribution in [0.1, 0.15) is 0 Å². The number of ether oxygens (including phenoxy) is 2. The molecular weight excluding hydrogens is 180 g/mol. The second-order valence-electron chi connectivity index (χ2n) is 2.95. The third-order valence-electron chi connectivity index (χ3n) is 2.25. The van der Waals surface area contributed by atoms with Gasteiger partial charge in [-0.2, -0.15) is 0 Å². The predicted octanol–water partition coefficient (Wildman–Crippen LogP) is -2.57. The SMILES string of the molecule is CO[C@@]1(CO)O[C@H](CO)[C@@H](O)[C@@H]1O. The van der Waals surface area contributed by atoms with E-state index < -0.39 is 37.3 Å². The van der Waals surface area contributed by atoms with Crippen LogP contribution < -0.4 is 0 Å². The molecule has 0 aliphatic carbocycles. The highest BCUT2D eigenvalue weighted by Gasteiger charge is 2.54. The molecule has 4 atom stereocenters. The first kappa shape index (κ1) is 10.8. The van der Waals surface area contributed by atoms with E-state index in [1.165, 1.54) is 7.11 Å². The van der Waals surface area contributed by atoms with Crippen molar-refractivity contribution < 1.29 is 29.9 Å². The van der Waals surface area contributed by atoms with Crippen molar-refractivity contribution in [2.75, 3.05) is 20.3 Å². The Balaban J connectivity index is 2.79. The molecule has 6 nitrogen and oxygen atoms in total. The van der Waals surface area contributed by atoms with Crippen LogP contribution in [0.3, 0.4) is 0 Å². The van der Waals surface area contributed by atoms with Gasteiger partial charge in [0.25, 0.3) is 0 Å². The molecule has 1 aliphatic heterocycles. The smallest absolute Gasteiger partial charge is 0.221 e. The maximum Gasteiger partial charge on any atom is 0.221 e. The lowest BCUT2D eigenvalue weighted by atomic mass is 10.1. The Labute approximate surface area is 75.3 Å². The fraction of sp³-hybridized carbons (Fsp3) is 1.00. The van der Waals surface area contributed by atoms with Gasteiger partial charge in [-0.1, -0.05) is 0 Å². The van der Waals surface area contributed by atoms with Crippen LogP contribution in [-0.2, 0) is 9.47 Å². The Bertz CT molecular complexity index is 168. The van der Waals surface area contributed by atoms with E-state index in [0.717, 1.165) is 0 Å². The number of hydrogen-bond donors (Lipinski definition) is 4. The summed E-state index contributed by atoms with van der Waals surface area (Å²) < 4.78 is 9.77. The van der Waals surface area contributed by atoms with Gasteiger partial charge in [-0.05, 0) is 0 Å². The first-order valence-electron chi connectivity index (χ1n) is 3.92. The van der Waals surface area contributed by atoms with Gasteiger partial charge >= 0.3 is 0 Å². The molecule has 1 rings (SSSR count). The summed E-state index contributed by atoms with van der Waals surface area (Å²) in [6.45, 7) is -1.03. The zero-order valence-electron chi connectivity index (χ0n) is 7.25. The monoisotopic (exact) mass is 194 g/mol. The normalized spacial score (nSPS) is 45.5.